The number of benzene rings is 2. The first-order valence-electron chi connectivity index (χ1n) is 14.2. The molecule has 0 aromatic heterocycles. The maximum atomic E-state index is 14.1. The van der Waals surface area contributed by atoms with Crippen molar-refractivity contribution in [3.05, 3.63) is 71.5 Å². The van der Waals surface area contributed by atoms with E-state index in [1.165, 1.54) is 18.7 Å². The summed E-state index contributed by atoms with van der Waals surface area (Å²) in [5.41, 5.74) is 1.48. The predicted octanol–water partition coefficient (Wildman–Crippen LogP) is 6.29. The zero-order chi connectivity index (χ0) is 27.1. The average Bonchev–Trinajstić information content (AvgIpc) is 3.30. The molecule has 3 unspecified atom stereocenters. The molecule has 0 bridgehead atoms. The van der Waals surface area contributed by atoms with Gasteiger partial charge in [-0.1, -0.05) is 62.2 Å². The van der Waals surface area contributed by atoms with Crippen LogP contribution in [-0.4, -0.2) is 61.4 Å². The fraction of sp³-hybridized carbons (Fsp3) is 0.562. The lowest BCUT2D eigenvalue weighted by Gasteiger charge is -2.44. The number of hydrogen-bond donors (Lipinski definition) is 0. The van der Waals surface area contributed by atoms with E-state index in [1.54, 1.807) is 6.07 Å². The SMILES string of the molecule is CCCCC1(C(=O)OC)N=CN(CCc2ccccc2)C1C1CCC(C(c2cccc(F)c2)N(C)C)CC1. The molecular formula is C32H44FN3O2. The van der Waals surface area contributed by atoms with Crippen LogP contribution < -0.4 is 0 Å². The number of hydrogen-bond acceptors (Lipinski definition) is 5. The van der Waals surface area contributed by atoms with Gasteiger partial charge in [0, 0.05) is 12.6 Å². The monoisotopic (exact) mass is 521 g/mol. The van der Waals surface area contributed by atoms with Crippen LogP contribution in [-0.2, 0) is 16.0 Å². The molecule has 1 saturated carbocycles. The molecule has 3 atom stereocenters. The Kier molecular flexibility index (Phi) is 9.59. The Bertz CT molecular complexity index is 1070. The number of methoxy groups -OCH3 is 1. The maximum absolute atomic E-state index is 14.1. The van der Waals surface area contributed by atoms with E-state index in [1.807, 2.05) is 24.5 Å². The standard InChI is InChI=1S/C32H44FN3O2/c1-5-6-20-32(31(37)38-4)30(36(23-34-32)21-19-24-11-8-7-9-12-24)26-17-15-25(16-18-26)29(35(2)3)27-13-10-14-28(33)22-27/h7-14,22-23,25-26,29-30H,5-6,15-21H2,1-4H3. The van der Waals surface area contributed by atoms with Gasteiger partial charge in [-0.15, -0.1) is 0 Å². The highest BCUT2D eigenvalue weighted by Crippen LogP contribution is 2.46. The van der Waals surface area contributed by atoms with Gasteiger partial charge in [-0.05, 0) is 87.7 Å². The molecule has 4 rings (SSSR count). The van der Waals surface area contributed by atoms with E-state index in [-0.39, 0.29) is 23.9 Å². The molecule has 2 aliphatic rings. The van der Waals surface area contributed by atoms with Gasteiger partial charge in [-0.25, -0.2) is 9.18 Å². The molecule has 38 heavy (non-hydrogen) atoms. The van der Waals surface area contributed by atoms with Gasteiger partial charge in [-0.2, -0.15) is 0 Å². The van der Waals surface area contributed by atoms with Crippen LogP contribution in [0.2, 0.25) is 0 Å². The quantitative estimate of drug-likeness (QED) is 0.326. The van der Waals surface area contributed by atoms with Crippen LogP contribution in [0.3, 0.4) is 0 Å². The van der Waals surface area contributed by atoms with Gasteiger partial charge < -0.3 is 14.5 Å². The van der Waals surface area contributed by atoms with Crippen LogP contribution in [0.25, 0.3) is 0 Å². The third-order valence-corrected chi connectivity index (χ3v) is 8.69. The van der Waals surface area contributed by atoms with Crippen molar-refractivity contribution >= 4 is 12.3 Å². The lowest BCUT2D eigenvalue weighted by atomic mass is 9.69. The molecule has 5 nitrogen and oxygen atoms in total. The number of carbonyl (C=O) groups excluding carboxylic acids is 1. The van der Waals surface area contributed by atoms with Gasteiger partial charge in [0.25, 0.3) is 0 Å². The van der Waals surface area contributed by atoms with E-state index >= 15 is 0 Å². The van der Waals surface area contributed by atoms with Crippen LogP contribution in [0.4, 0.5) is 4.39 Å². The Balaban J connectivity index is 1.55. The summed E-state index contributed by atoms with van der Waals surface area (Å²) in [6.07, 6.45) is 9.62. The van der Waals surface area contributed by atoms with Gasteiger partial charge in [0.2, 0.25) is 0 Å². The minimum absolute atomic E-state index is 0.00172. The highest BCUT2D eigenvalue weighted by molar-refractivity contribution is 5.86. The Labute approximate surface area is 228 Å². The van der Waals surface area contributed by atoms with Crippen molar-refractivity contribution < 1.29 is 13.9 Å². The summed E-state index contributed by atoms with van der Waals surface area (Å²) in [5, 5.41) is 0. The largest absolute Gasteiger partial charge is 0.467 e. The van der Waals surface area contributed by atoms with Crippen molar-refractivity contribution in [2.24, 2.45) is 16.8 Å². The first-order chi connectivity index (χ1) is 18.4. The summed E-state index contributed by atoms with van der Waals surface area (Å²) in [7, 11) is 5.67. The number of rotatable bonds is 11. The van der Waals surface area contributed by atoms with Crippen LogP contribution >= 0.6 is 0 Å². The second-order valence-electron chi connectivity index (χ2n) is 11.3. The Morgan fingerprint density at radius 2 is 1.87 bits per heavy atom. The first kappa shape index (κ1) is 28.3. The van der Waals surface area contributed by atoms with Crippen molar-refractivity contribution in [3.63, 3.8) is 0 Å². The first-order valence-corrected chi connectivity index (χ1v) is 14.2. The molecule has 0 radical (unpaired) electrons. The Morgan fingerprint density at radius 1 is 1.13 bits per heavy atom. The lowest BCUT2D eigenvalue weighted by Crippen LogP contribution is -2.56. The molecule has 1 fully saturated rings. The van der Waals surface area contributed by atoms with E-state index in [0.29, 0.717) is 18.3 Å². The molecule has 0 spiro atoms. The lowest BCUT2D eigenvalue weighted by molar-refractivity contribution is -0.150. The molecule has 1 heterocycles. The fourth-order valence-corrected chi connectivity index (χ4v) is 6.93. The smallest absolute Gasteiger partial charge is 0.335 e. The summed E-state index contributed by atoms with van der Waals surface area (Å²) >= 11 is 0. The Hall–Kier alpha value is -2.73. The van der Waals surface area contributed by atoms with E-state index in [4.69, 9.17) is 9.73 Å². The summed E-state index contributed by atoms with van der Waals surface area (Å²) in [5.74, 6) is 0.392. The number of aliphatic imine (C=N–C) groups is 1. The van der Waals surface area contributed by atoms with Gasteiger partial charge >= 0.3 is 5.97 Å². The normalized spacial score (nSPS) is 26.1. The zero-order valence-corrected chi connectivity index (χ0v) is 23.5. The van der Waals surface area contributed by atoms with E-state index < -0.39 is 5.54 Å². The van der Waals surface area contributed by atoms with E-state index in [9.17, 15) is 9.18 Å². The van der Waals surface area contributed by atoms with Crippen LogP contribution in [0, 0.1) is 17.7 Å². The zero-order valence-electron chi connectivity index (χ0n) is 23.5. The van der Waals surface area contributed by atoms with Crippen molar-refractivity contribution in [1.29, 1.82) is 0 Å². The highest BCUT2D eigenvalue weighted by Gasteiger charge is 2.55. The number of unbranched alkanes of at least 4 members (excludes halogenated alkanes) is 1. The molecule has 0 amide bonds. The topological polar surface area (TPSA) is 45.1 Å². The molecule has 2 aromatic carbocycles. The van der Waals surface area contributed by atoms with Crippen molar-refractivity contribution in [3.8, 4) is 0 Å². The van der Waals surface area contributed by atoms with Crippen LogP contribution in [0.15, 0.2) is 59.6 Å². The molecule has 6 heteroatoms. The Morgan fingerprint density at radius 3 is 2.50 bits per heavy atom. The number of halogens is 1. The van der Waals surface area contributed by atoms with Crippen molar-refractivity contribution in [2.75, 3.05) is 27.7 Å². The third kappa shape index (κ3) is 6.12. The molecule has 0 saturated heterocycles. The second-order valence-corrected chi connectivity index (χ2v) is 11.3. The number of ether oxygens (including phenoxy) is 1. The maximum Gasteiger partial charge on any atom is 0.335 e. The minimum atomic E-state index is -0.845. The van der Waals surface area contributed by atoms with Crippen LogP contribution in [0.1, 0.15) is 69.0 Å². The minimum Gasteiger partial charge on any atom is -0.467 e. The second kappa shape index (κ2) is 12.9. The summed E-state index contributed by atoms with van der Waals surface area (Å²) in [4.78, 5) is 22.9. The molecular weight excluding hydrogens is 477 g/mol. The summed E-state index contributed by atoms with van der Waals surface area (Å²) in [6.45, 7) is 2.98. The molecule has 2 aromatic rings. The number of esters is 1. The average molecular weight is 522 g/mol. The predicted molar refractivity (Wildman–Crippen MR) is 152 cm³/mol. The van der Waals surface area contributed by atoms with Crippen molar-refractivity contribution in [2.45, 2.75) is 75.9 Å². The van der Waals surface area contributed by atoms with Gasteiger partial charge in [-0.3, -0.25) is 4.99 Å². The summed E-state index contributed by atoms with van der Waals surface area (Å²) < 4.78 is 19.5. The fourth-order valence-electron chi connectivity index (χ4n) is 6.93. The summed E-state index contributed by atoms with van der Waals surface area (Å²) in [6, 6.07) is 17.7. The highest BCUT2D eigenvalue weighted by atomic mass is 19.1. The van der Waals surface area contributed by atoms with E-state index in [0.717, 1.165) is 57.1 Å². The van der Waals surface area contributed by atoms with Crippen molar-refractivity contribution in [1.82, 2.24) is 9.80 Å². The van der Waals surface area contributed by atoms with Crippen LogP contribution in [0.5, 0.6) is 0 Å². The molecule has 206 valence electrons. The molecule has 1 aliphatic heterocycles. The number of nitrogens with zero attached hydrogens (tertiary/aromatic N) is 3. The van der Waals surface area contributed by atoms with Gasteiger partial charge in [0.05, 0.1) is 19.5 Å². The molecule has 1 aliphatic carbocycles. The third-order valence-electron chi connectivity index (χ3n) is 8.69. The van der Waals surface area contributed by atoms with E-state index in [2.05, 4.69) is 55.1 Å². The number of carbonyl (C=O) groups is 1. The van der Waals surface area contributed by atoms with Gasteiger partial charge in [0.1, 0.15) is 5.82 Å². The molecule has 0 N–H and O–H groups in total. The van der Waals surface area contributed by atoms with Gasteiger partial charge in [0.15, 0.2) is 5.54 Å².